The van der Waals surface area contributed by atoms with E-state index in [1.54, 1.807) is 31.4 Å². The number of methoxy groups -OCH3 is 1. The third-order valence-corrected chi connectivity index (χ3v) is 9.54. The minimum Gasteiger partial charge on any atom is -0.494 e. The van der Waals surface area contributed by atoms with Gasteiger partial charge < -0.3 is 9.15 Å². The summed E-state index contributed by atoms with van der Waals surface area (Å²) in [5.74, 6) is 0.780. The van der Waals surface area contributed by atoms with E-state index in [0.29, 0.717) is 50.5 Å². The van der Waals surface area contributed by atoms with Crippen LogP contribution in [0.1, 0.15) is 35.4 Å². The van der Waals surface area contributed by atoms with Crippen LogP contribution >= 0.6 is 22.9 Å². The van der Waals surface area contributed by atoms with E-state index in [2.05, 4.69) is 4.98 Å². The second kappa shape index (κ2) is 10.2. The lowest BCUT2D eigenvalue weighted by Gasteiger charge is -2.26. The van der Waals surface area contributed by atoms with Crippen LogP contribution in [0.4, 0.5) is 5.13 Å². The fourth-order valence-corrected chi connectivity index (χ4v) is 6.96. The van der Waals surface area contributed by atoms with E-state index in [4.69, 9.17) is 20.8 Å². The van der Waals surface area contributed by atoms with Gasteiger partial charge in [0.25, 0.3) is 5.91 Å². The molecule has 188 valence electrons. The molecule has 1 fully saturated rings. The van der Waals surface area contributed by atoms with Crippen LogP contribution in [0.15, 0.2) is 64.1 Å². The van der Waals surface area contributed by atoms with Crippen molar-refractivity contribution in [3.8, 4) is 5.75 Å². The number of furan rings is 1. The number of ether oxygens (including phenoxy) is 1. The molecule has 0 spiro atoms. The molecular formula is C25H24ClN3O5S2. The van der Waals surface area contributed by atoms with Gasteiger partial charge >= 0.3 is 0 Å². The number of nitrogens with zero attached hydrogens (tertiary/aromatic N) is 3. The summed E-state index contributed by atoms with van der Waals surface area (Å²) >= 11 is 7.67. The summed E-state index contributed by atoms with van der Waals surface area (Å²) < 4.78 is 39.2. The normalized spacial score (nSPS) is 14.7. The number of sulfonamides is 1. The highest BCUT2D eigenvalue weighted by Crippen LogP contribution is 2.39. The molecule has 0 atom stereocenters. The molecule has 0 unspecified atom stereocenters. The number of fused-ring (bicyclic) bond motifs is 1. The van der Waals surface area contributed by atoms with Gasteiger partial charge in [0.15, 0.2) is 5.13 Å². The lowest BCUT2D eigenvalue weighted by Crippen LogP contribution is -2.35. The Morgan fingerprint density at radius 1 is 1.14 bits per heavy atom. The largest absolute Gasteiger partial charge is 0.494 e. The summed E-state index contributed by atoms with van der Waals surface area (Å²) in [6.07, 6.45) is 4.29. The van der Waals surface area contributed by atoms with Gasteiger partial charge in [-0.3, -0.25) is 9.69 Å². The van der Waals surface area contributed by atoms with E-state index in [1.165, 1.54) is 51.1 Å². The Morgan fingerprint density at radius 3 is 2.56 bits per heavy atom. The van der Waals surface area contributed by atoms with Gasteiger partial charge in [0.2, 0.25) is 10.0 Å². The van der Waals surface area contributed by atoms with Gasteiger partial charge in [-0.2, -0.15) is 4.31 Å². The van der Waals surface area contributed by atoms with Gasteiger partial charge in [-0.25, -0.2) is 13.4 Å². The van der Waals surface area contributed by atoms with Crippen molar-refractivity contribution >= 4 is 54.2 Å². The van der Waals surface area contributed by atoms with Crippen LogP contribution in [-0.2, 0) is 16.6 Å². The smallest absolute Gasteiger partial charge is 0.260 e. The first-order valence-corrected chi connectivity index (χ1v) is 14.1. The number of carbonyl (C=O) groups is 1. The van der Waals surface area contributed by atoms with Crippen molar-refractivity contribution in [1.29, 1.82) is 0 Å². The third kappa shape index (κ3) is 4.73. The zero-order valence-electron chi connectivity index (χ0n) is 19.5. The van der Waals surface area contributed by atoms with Gasteiger partial charge in [0.1, 0.15) is 17.0 Å². The van der Waals surface area contributed by atoms with Crippen molar-refractivity contribution in [2.75, 3.05) is 25.1 Å². The maximum absolute atomic E-state index is 13.7. The minimum atomic E-state index is -3.59. The Balaban J connectivity index is 1.49. The lowest BCUT2D eigenvalue weighted by molar-refractivity contribution is 0.0983. The third-order valence-electron chi connectivity index (χ3n) is 6.09. The molecule has 0 N–H and O–H groups in total. The SMILES string of the molecule is COc1ccc(Cl)c2sc(N(Cc3ccco3)C(=O)c3ccc(S(=O)(=O)N4CCCCC4)cc3)nc12. The van der Waals surface area contributed by atoms with Crippen LogP contribution in [0.3, 0.4) is 0 Å². The van der Waals surface area contributed by atoms with E-state index in [-0.39, 0.29) is 17.3 Å². The Hall–Kier alpha value is -2.92. The van der Waals surface area contributed by atoms with Gasteiger partial charge in [-0.05, 0) is 61.4 Å². The van der Waals surface area contributed by atoms with Crippen molar-refractivity contribution in [1.82, 2.24) is 9.29 Å². The van der Waals surface area contributed by atoms with Crippen LogP contribution < -0.4 is 9.64 Å². The van der Waals surface area contributed by atoms with Crippen molar-refractivity contribution in [2.45, 2.75) is 30.7 Å². The molecule has 3 heterocycles. The number of halogens is 1. The molecule has 5 rings (SSSR count). The number of carbonyl (C=O) groups excluding carboxylic acids is 1. The molecule has 0 saturated carbocycles. The van der Waals surface area contributed by atoms with E-state index < -0.39 is 10.0 Å². The molecule has 4 aromatic rings. The van der Waals surface area contributed by atoms with Crippen LogP contribution in [0.5, 0.6) is 5.75 Å². The summed E-state index contributed by atoms with van der Waals surface area (Å²) in [5.41, 5.74) is 0.890. The summed E-state index contributed by atoms with van der Waals surface area (Å²) in [6, 6.07) is 13.0. The molecule has 8 nitrogen and oxygen atoms in total. The highest BCUT2D eigenvalue weighted by atomic mass is 35.5. The number of amides is 1. The maximum atomic E-state index is 13.7. The summed E-state index contributed by atoms with van der Waals surface area (Å²) in [4.78, 5) is 20.0. The Kier molecular flexibility index (Phi) is 7.03. The van der Waals surface area contributed by atoms with Gasteiger partial charge in [-0.15, -0.1) is 0 Å². The molecular weight excluding hydrogens is 522 g/mol. The van der Waals surface area contributed by atoms with Gasteiger partial charge in [-0.1, -0.05) is 29.4 Å². The number of rotatable bonds is 7. The molecule has 2 aromatic carbocycles. The minimum absolute atomic E-state index is 0.138. The molecule has 0 bridgehead atoms. The molecule has 0 aliphatic carbocycles. The topological polar surface area (TPSA) is 92.9 Å². The molecule has 1 aliphatic rings. The second-order valence-corrected chi connectivity index (χ2v) is 11.7. The number of hydrogen-bond acceptors (Lipinski definition) is 7. The van der Waals surface area contributed by atoms with Crippen molar-refractivity contribution in [2.24, 2.45) is 0 Å². The number of anilines is 1. The Morgan fingerprint density at radius 2 is 1.89 bits per heavy atom. The van der Waals surface area contributed by atoms with Crippen molar-refractivity contribution in [3.05, 3.63) is 71.1 Å². The molecule has 0 radical (unpaired) electrons. The van der Waals surface area contributed by atoms with E-state index in [0.717, 1.165) is 19.3 Å². The summed E-state index contributed by atoms with van der Waals surface area (Å²) in [7, 11) is -2.04. The van der Waals surface area contributed by atoms with Crippen LogP contribution in [0, 0.1) is 0 Å². The highest BCUT2D eigenvalue weighted by Gasteiger charge is 2.28. The van der Waals surface area contributed by atoms with Crippen LogP contribution in [-0.4, -0.2) is 43.8 Å². The van der Waals surface area contributed by atoms with Crippen LogP contribution in [0.25, 0.3) is 10.2 Å². The number of piperidine rings is 1. The van der Waals surface area contributed by atoms with Gasteiger partial charge in [0, 0.05) is 18.7 Å². The summed E-state index contributed by atoms with van der Waals surface area (Å²) in [5, 5.41) is 0.926. The first-order valence-electron chi connectivity index (χ1n) is 11.5. The average molecular weight is 546 g/mol. The fraction of sp³-hybridized carbons (Fsp3) is 0.280. The molecule has 1 saturated heterocycles. The van der Waals surface area contributed by atoms with E-state index >= 15 is 0 Å². The highest BCUT2D eigenvalue weighted by molar-refractivity contribution is 7.89. The first-order chi connectivity index (χ1) is 17.4. The number of aromatic nitrogens is 1. The van der Waals surface area contributed by atoms with Crippen molar-refractivity contribution < 1.29 is 22.4 Å². The number of thiazole rings is 1. The van der Waals surface area contributed by atoms with E-state index in [9.17, 15) is 13.2 Å². The maximum Gasteiger partial charge on any atom is 0.260 e. The first kappa shape index (κ1) is 24.8. The fourth-order valence-electron chi connectivity index (χ4n) is 4.19. The number of hydrogen-bond donors (Lipinski definition) is 0. The predicted molar refractivity (Wildman–Crippen MR) is 139 cm³/mol. The number of benzene rings is 2. The van der Waals surface area contributed by atoms with E-state index in [1.807, 2.05) is 0 Å². The zero-order valence-corrected chi connectivity index (χ0v) is 21.9. The lowest BCUT2D eigenvalue weighted by atomic mass is 10.2. The second-order valence-electron chi connectivity index (χ2n) is 8.38. The zero-order chi connectivity index (χ0) is 25.3. The van der Waals surface area contributed by atoms with Gasteiger partial charge in [0.05, 0.1) is 34.5 Å². The van der Waals surface area contributed by atoms with Crippen molar-refractivity contribution in [3.63, 3.8) is 0 Å². The Labute approximate surface area is 218 Å². The monoisotopic (exact) mass is 545 g/mol. The molecule has 11 heteroatoms. The average Bonchev–Trinajstić information content (AvgIpc) is 3.58. The molecule has 1 aliphatic heterocycles. The standard InChI is InChI=1S/C25H24ClN3O5S2/c1-33-21-12-11-20(26)23-22(21)27-25(35-23)29(16-18-6-5-15-34-18)24(30)17-7-9-19(10-8-17)36(31,32)28-13-3-2-4-14-28/h5-12,15H,2-4,13-14,16H2,1H3. The molecule has 1 amide bonds. The van der Waals surface area contributed by atoms with Crippen LogP contribution in [0.2, 0.25) is 5.02 Å². The Bertz CT molecular complexity index is 1480. The molecule has 36 heavy (non-hydrogen) atoms. The summed E-state index contributed by atoms with van der Waals surface area (Å²) in [6.45, 7) is 1.17. The predicted octanol–water partition coefficient (Wildman–Crippen LogP) is 5.57. The quantitative estimate of drug-likeness (QED) is 0.301. The molecule has 2 aromatic heterocycles.